The Hall–Kier alpha value is -3.59. The Morgan fingerprint density at radius 1 is 1.00 bits per heavy atom. The number of hydrogen-bond acceptors (Lipinski definition) is 6. The first-order valence-corrected chi connectivity index (χ1v) is 10.4. The number of hydrogen-bond donors (Lipinski definition) is 2. The van der Waals surface area contributed by atoms with E-state index in [1.165, 1.54) is 37.6 Å². The quantitative estimate of drug-likeness (QED) is 0.572. The van der Waals surface area contributed by atoms with Crippen LogP contribution in [0.4, 0.5) is 11.5 Å². The van der Waals surface area contributed by atoms with Gasteiger partial charge in [0.2, 0.25) is 5.91 Å². The molecule has 0 aliphatic rings. The van der Waals surface area contributed by atoms with Crippen molar-refractivity contribution in [2.45, 2.75) is 11.3 Å². The first-order valence-electron chi connectivity index (χ1n) is 8.96. The molecule has 0 fully saturated rings. The van der Waals surface area contributed by atoms with Crippen molar-refractivity contribution in [3.63, 3.8) is 0 Å². The third-order valence-electron chi connectivity index (χ3n) is 4.20. The molecule has 0 aliphatic carbocycles. The maximum atomic E-state index is 12.4. The standard InChI is InChI=1S/C21H21N3O5S/c1-28-17-9-6-15(19(14-17)29-2)13-21(25)23-16-7-10-18(11-8-16)30(26,27)24-20-5-3-4-12-22-20/h3-12,14H,13H2,1-2H3,(H,22,24)(H,23,25). The second-order valence-corrected chi connectivity index (χ2v) is 7.93. The molecule has 9 heteroatoms. The molecule has 156 valence electrons. The first-order chi connectivity index (χ1) is 14.4. The van der Waals surface area contributed by atoms with Gasteiger partial charge < -0.3 is 14.8 Å². The van der Waals surface area contributed by atoms with Gasteiger partial charge in [-0.1, -0.05) is 12.1 Å². The molecule has 0 aliphatic heterocycles. The molecule has 0 saturated heterocycles. The van der Waals surface area contributed by atoms with E-state index in [1.807, 2.05) is 0 Å². The lowest BCUT2D eigenvalue weighted by Crippen LogP contribution is -2.16. The Balaban J connectivity index is 1.66. The molecule has 30 heavy (non-hydrogen) atoms. The zero-order valence-corrected chi connectivity index (χ0v) is 17.3. The SMILES string of the molecule is COc1ccc(CC(=O)Nc2ccc(S(=O)(=O)Nc3ccccn3)cc2)c(OC)c1. The summed E-state index contributed by atoms with van der Waals surface area (Å²) in [5.74, 6) is 1.14. The van der Waals surface area contributed by atoms with Gasteiger partial charge in [-0.3, -0.25) is 9.52 Å². The number of pyridine rings is 1. The van der Waals surface area contributed by atoms with Crippen molar-refractivity contribution < 1.29 is 22.7 Å². The number of benzene rings is 2. The molecule has 2 N–H and O–H groups in total. The van der Waals surface area contributed by atoms with Crippen LogP contribution in [0, 0.1) is 0 Å². The molecule has 1 amide bonds. The molecule has 0 radical (unpaired) electrons. The van der Waals surface area contributed by atoms with Crippen molar-refractivity contribution in [3.8, 4) is 11.5 Å². The Labute approximate surface area is 174 Å². The van der Waals surface area contributed by atoms with Crippen molar-refractivity contribution in [2.75, 3.05) is 24.3 Å². The normalized spacial score (nSPS) is 10.9. The van der Waals surface area contributed by atoms with Crippen LogP contribution >= 0.6 is 0 Å². The van der Waals surface area contributed by atoms with Crippen LogP contribution in [-0.4, -0.2) is 33.5 Å². The number of anilines is 2. The predicted molar refractivity (Wildman–Crippen MR) is 113 cm³/mol. The van der Waals surface area contributed by atoms with E-state index < -0.39 is 10.0 Å². The number of carbonyl (C=O) groups excluding carboxylic acids is 1. The maximum absolute atomic E-state index is 12.4. The zero-order chi connectivity index (χ0) is 21.6. The molecule has 3 rings (SSSR count). The largest absolute Gasteiger partial charge is 0.497 e. The highest BCUT2D eigenvalue weighted by atomic mass is 32.2. The Morgan fingerprint density at radius 2 is 1.77 bits per heavy atom. The minimum absolute atomic E-state index is 0.0583. The van der Waals surface area contributed by atoms with E-state index in [2.05, 4.69) is 15.0 Å². The molecular formula is C21H21N3O5S. The van der Waals surface area contributed by atoms with E-state index in [9.17, 15) is 13.2 Å². The molecule has 8 nitrogen and oxygen atoms in total. The second kappa shape index (κ2) is 9.27. The molecular weight excluding hydrogens is 406 g/mol. The lowest BCUT2D eigenvalue weighted by Gasteiger charge is -2.11. The maximum Gasteiger partial charge on any atom is 0.263 e. The van der Waals surface area contributed by atoms with Crippen molar-refractivity contribution in [3.05, 3.63) is 72.4 Å². The van der Waals surface area contributed by atoms with Crippen LogP contribution in [0.3, 0.4) is 0 Å². The number of methoxy groups -OCH3 is 2. The summed E-state index contributed by atoms with van der Waals surface area (Å²) in [5, 5.41) is 2.75. The molecule has 1 heterocycles. The number of carbonyl (C=O) groups is 1. The van der Waals surface area contributed by atoms with Crippen LogP contribution < -0.4 is 19.5 Å². The lowest BCUT2D eigenvalue weighted by molar-refractivity contribution is -0.115. The topological polar surface area (TPSA) is 107 Å². The van der Waals surface area contributed by atoms with E-state index in [0.717, 1.165) is 0 Å². The molecule has 0 spiro atoms. The molecule has 0 saturated carbocycles. The van der Waals surface area contributed by atoms with E-state index in [0.29, 0.717) is 22.7 Å². The van der Waals surface area contributed by atoms with Crippen LogP contribution in [0.25, 0.3) is 0 Å². The molecule has 3 aromatic rings. The van der Waals surface area contributed by atoms with Gasteiger partial charge in [0.25, 0.3) is 10.0 Å². The Bertz CT molecular complexity index is 1120. The third kappa shape index (κ3) is 5.26. The summed E-state index contributed by atoms with van der Waals surface area (Å²) < 4.78 is 37.7. The fourth-order valence-electron chi connectivity index (χ4n) is 2.71. The smallest absolute Gasteiger partial charge is 0.263 e. The number of nitrogens with one attached hydrogen (secondary N) is 2. The van der Waals surface area contributed by atoms with Gasteiger partial charge in [0.1, 0.15) is 17.3 Å². The van der Waals surface area contributed by atoms with Gasteiger partial charge in [-0.2, -0.15) is 0 Å². The minimum Gasteiger partial charge on any atom is -0.497 e. The fourth-order valence-corrected chi connectivity index (χ4v) is 3.72. The number of aromatic nitrogens is 1. The summed E-state index contributed by atoms with van der Waals surface area (Å²) in [6, 6.07) is 16.0. The van der Waals surface area contributed by atoms with Gasteiger partial charge in [-0.15, -0.1) is 0 Å². The zero-order valence-electron chi connectivity index (χ0n) is 16.5. The van der Waals surface area contributed by atoms with Crippen molar-refractivity contribution in [2.24, 2.45) is 0 Å². The summed E-state index contributed by atoms with van der Waals surface area (Å²) >= 11 is 0. The number of amides is 1. The molecule has 0 unspecified atom stereocenters. The van der Waals surface area contributed by atoms with Gasteiger partial charge in [-0.25, -0.2) is 13.4 Å². The third-order valence-corrected chi connectivity index (χ3v) is 5.57. The highest BCUT2D eigenvalue weighted by Gasteiger charge is 2.15. The van der Waals surface area contributed by atoms with Crippen LogP contribution in [0.5, 0.6) is 11.5 Å². The summed E-state index contributed by atoms with van der Waals surface area (Å²) in [5.41, 5.74) is 1.18. The molecule has 1 aromatic heterocycles. The van der Waals surface area contributed by atoms with E-state index >= 15 is 0 Å². The van der Waals surface area contributed by atoms with Gasteiger partial charge >= 0.3 is 0 Å². The number of rotatable bonds is 8. The minimum atomic E-state index is -3.78. The molecule has 0 atom stereocenters. The average molecular weight is 427 g/mol. The van der Waals surface area contributed by atoms with Crippen molar-refractivity contribution >= 4 is 27.4 Å². The number of nitrogens with zero attached hydrogens (tertiary/aromatic N) is 1. The van der Waals surface area contributed by atoms with Gasteiger partial charge in [0, 0.05) is 23.5 Å². The summed E-state index contributed by atoms with van der Waals surface area (Å²) in [4.78, 5) is 16.4. The second-order valence-electron chi connectivity index (χ2n) is 6.25. The van der Waals surface area contributed by atoms with Gasteiger partial charge in [0.05, 0.1) is 25.5 Å². The predicted octanol–water partition coefficient (Wildman–Crippen LogP) is 3.08. The number of ether oxygens (including phenoxy) is 2. The van der Waals surface area contributed by atoms with Crippen LogP contribution in [0.15, 0.2) is 71.8 Å². The Morgan fingerprint density at radius 3 is 2.40 bits per heavy atom. The Kier molecular flexibility index (Phi) is 6.53. The summed E-state index contributed by atoms with van der Waals surface area (Å²) in [6.45, 7) is 0. The molecule has 0 bridgehead atoms. The van der Waals surface area contributed by atoms with E-state index in [-0.39, 0.29) is 23.0 Å². The highest BCUT2D eigenvalue weighted by Crippen LogP contribution is 2.25. The highest BCUT2D eigenvalue weighted by molar-refractivity contribution is 7.92. The fraction of sp³-hybridized carbons (Fsp3) is 0.143. The van der Waals surface area contributed by atoms with Crippen molar-refractivity contribution in [1.29, 1.82) is 0 Å². The van der Waals surface area contributed by atoms with Gasteiger partial charge in [-0.05, 0) is 42.5 Å². The number of sulfonamides is 1. The first kappa shape index (κ1) is 21.1. The van der Waals surface area contributed by atoms with Gasteiger partial charge in [0.15, 0.2) is 0 Å². The van der Waals surface area contributed by atoms with E-state index in [4.69, 9.17) is 9.47 Å². The summed E-state index contributed by atoms with van der Waals surface area (Å²) in [7, 11) is -0.702. The summed E-state index contributed by atoms with van der Waals surface area (Å²) in [6.07, 6.45) is 1.59. The lowest BCUT2D eigenvalue weighted by atomic mass is 10.1. The van der Waals surface area contributed by atoms with Crippen molar-refractivity contribution in [1.82, 2.24) is 4.98 Å². The van der Waals surface area contributed by atoms with Crippen LogP contribution in [0.2, 0.25) is 0 Å². The average Bonchev–Trinajstić information content (AvgIpc) is 2.74. The van der Waals surface area contributed by atoms with Crippen LogP contribution in [0.1, 0.15) is 5.56 Å². The molecule has 2 aromatic carbocycles. The van der Waals surface area contributed by atoms with Crippen LogP contribution in [-0.2, 0) is 21.2 Å². The monoisotopic (exact) mass is 427 g/mol. The van der Waals surface area contributed by atoms with E-state index in [1.54, 1.807) is 43.5 Å².